The molecule has 0 unspecified atom stereocenters. The summed E-state index contributed by atoms with van der Waals surface area (Å²) in [4.78, 5) is 16.9. The van der Waals surface area contributed by atoms with Gasteiger partial charge in [0.2, 0.25) is 4.80 Å². The standard InChI is InChI=1S/C24H23FN4O2S/c25-18-9-5-6-10-19(18)27-24-29(28-17-7-3-1-2-4-8-17)21(15-32-24)16-11-12-22-20(13-16)26-23(30)14-31-22/h5-6,9-13,15H,1-4,7-8,14H2,(H,26,30). The minimum absolute atomic E-state index is 0.0180. The number of carbonyl (C=O) groups is 1. The van der Waals surface area contributed by atoms with Gasteiger partial charge < -0.3 is 10.1 Å². The first-order chi connectivity index (χ1) is 15.7. The van der Waals surface area contributed by atoms with E-state index in [1.165, 1.54) is 30.2 Å². The van der Waals surface area contributed by atoms with Crippen LogP contribution in [0.3, 0.4) is 0 Å². The van der Waals surface area contributed by atoms with Gasteiger partial charge in [-0.15, -0.1) is 11.3 Å². The summed E-state index contributed by atoms with van der Waals surface area (Å²) < 4.78 is 21.6. The quantitative estimate of drug-likeness (QED) is 0.537. The highest BCUT2D eigenvalue weighted by atomic mass is 32.1. The maximum absolute atomic E-state index is 14.3. The minimum atomic E-state index is -0.371. The topological polar surface area (TPSA) is 68.0 Å². The molecule has 8 heteroatoms. The van der Waals surface area contributed by atoms with Crippen molar-refractivity contribution in [2.75, 3.05) is 11.9 Å². The Balaban J connectivity index is 1.64. The monoisotopic (exact) mass is 450 g/mol. The third kappa shape index (κ3) is 4.36. The number of carbonyl (C=O) groups excluding carboxylic acids is 1. The first-order valence-corrected chi connectivity index (χ1v) is 11.7. The third-order valence-corrected chi connectivity index (χ3v) is 6.40. The molecule has 1 aliphatic carbocycles. The Bertz CT molecular complexity index is 1250. The van der Waals surface area contributed by atoms with Crippen molar-refractivity contribution in [1.29, 1.82) is 0 Å². The lowest BCUT2D eigenvalue weighted by molar-refractivity contribution is -0.118. The van der Waals surface area contributed by atoms with Crippen molar-refractivity contribution in [3.63, 3.8) is 0 Å². The van der Waals surface area contributed by atoms with Crippen molar-refractivity contribution in [3.05, 3.63) is 58.5 Å². The maximum Gasteiger partial charge on any atom is 0.262 e. The summed E-state index contributed by atoms with van der Waals surface area (Å²) in [5, 5.41) is 9.80. The predicted molar refractivity (Wildman–Crippen MR) is 124 cm³/mol. The first kappa shape index (κ1) is 20.6. The van der Waals surface area contributed by atoms with Crippen LogP contribution in [0.2, 0.25) is 0 Å². The number of fused-ring (bicyclic) bond motifs is 1. The van der Waals surface area contributed by atoms with E-state index in [0.29, 0.717) is 16.2 Å². The van der Waals surface area contributed by atoms with Gasteiger partial charge in [-0.3, -0.25) is 4.79 Å². The lowest BCUT2D eigenvalue weighted by Gasteiger charge is -2.18. The highest BCUT2D eigenvalue weighted by Gasteiger charge is 2.18. The van der Waals surface area contributed by atoms with Crippen LogP contribution in [-0.4, -0.2) is 22.9 Å². The van der Waals surface area contributed by atoms with Gasteiger partial charge in [-0.05, 0) is 56.0 Å². The van der Waals surface area contributed by atoms with Crippen molar-refractivity contribution in [2.24, 2.45) is 10.1 Å². The summed E-state index contributed by atoms with van der Waals surface area (Å²) in [5.41, 5.74) is 3.75. The lowest BCUT2D eigenvalue weighted by atomic mass is 10.1. The van der Waals surface area contributed by atoms with E-state index < -0.39 is 0 Å². The van der Waals surface area contributed by atoms with E-state index in [0.717, 1.165) is 42.7 Å². The molecule has 1 N–H and O–H groups in total. The van der Waals surface area contributed by atoms with Crippen LogP contribution in [0, 0.1) is 5.82 Å². The smallest absolute Gasteiger partial charge is 0.262 e. The van der Waals surface area contributed by atoms with Gasteiger partial charge in [0.15, 0.2) is 6.61 Å². The van der Waals surface area contributed by atoms with Gasteiger partial charge in [-0.2, -0.15) is 5.10 Å². The van der Waals surface area contributed by atoms with Gasteiger partial charge >= 0.3 is 0 Å². The van der Waals surface area contributed by atoms with Crippen LogP contribution in [0.4, 0.5) is 15.8 Å². The fraction of sp³-hybridized carbons (Fsp3) is 0.292. The second-order valence-corrected chi connectivity index (χ2v) is 8.74. The Labute approximate surface area is 189 Å². The van der Waals surface area contributed by atoms with E-state index >= 15 is 0 Å². The number of nitrogens with zero attached hydrogens (tertiary/aromatic N) is 3. The number of hydrogen-bond donors (Lipinski definition) is 1. The normalized spacial score (nSPS) is 16.7. The fourth-order valence-electron chi connectivity index (χ4n) is 3.94. The summed E-state index contributed by atoms with van der Waals surface area (Å²) in [7, 11) is 0. The molecule has 32 heavy (non-hydrogen) atoms. The Morgan fingerprint density at radius 1 is 1.06 bits per heavy atom. The summed E-state index contributed by atoms with van der Waals surface area (Å²) in [5.74, 6) is 0.0908. The van der Waals surface area contributed by atoms with Crippen molar-refractivity contribution in [3.8, 4) is 17.0 Å². The second-order valence-electron chi connectivity index (χ2n) is 7.91. The van der Waals surface area contributed by atoms with Crippen LogP contribution in [0.15, 0.2) is 57.9 Å². The molecule has 0 bridgehead atoms. The van der Waals surface area contributed by atoms with Crippen LogP contribution in [0.5, 0.6) is 5.75 Å². The molecule has 1 saturated carbocycles. The van der Waals surface area contributed by atoms with Gasteiger partial charge in [0.25, 0.3) is 5.91 Å². The average molecular weight is 451 g/mol. The third-order valence-electron chi connectivity index (χ3n) is 5.58. The van der Waals surface area contributed by atoms with Crippen LogP contribution in [-0.2, 0) is 4.79 Å². The molecule has 2 heterocycles. The largest absolute Gasteiger partial charge is 0.482 e. The molecule has 2 aliphatic rings. The van der Waals surface area contributed by atoms with E-state index in [2.05, 4.69) is 10.3 Å². The van der Waals surface area contributed by atoms with Crippen molar-refractivity contribution in [2.45, 2.75) is 38.5 Å². The first-order valence-electron chi connectivity index (χ1n) is 10.8. The van der Waals surface area contributed by atoms with Gasteiger partial charge in [-0.25, -0.2) is 14.1 Å². The molecule has 1 aromatic heterocycles. The van der Waals surface area contributed by atoms with Crippen molar-refractivity contribution in [1.82, 2.24) is 4.68 Å². The molecular weight excluding hydrogens is 427 g/mol. The number of thiazole rings is 1. The van der Waals surface area contributed by atoms with E-state index in [1.807, 2.05) is 28.3 Å². The van der Waals surface area contributed by atoms with Crippen LogP contribution < -0.4 is 14.9 Å². The zero-order valence-corrected chi connectivity index (χ0v) is 18.3. The van der Waals surface area contributed by atoms with Crippen molar-refractivity contribution >= 4 is 34.3 Å². The van der Waals surface area contributed by atoms with Gasteiger partial charge in [0, 0.05) is 16.7 Å². The molecule has 3 aromatic rings. The molecule has 1 aliphatic heterocycles. The van der Waals surface area contributed by atoms with Crippen LogP contribution in [0.1, 0.15) is 38.5 Å². The van der Waals surface area contributed by atoms with E-state index in [1.54, 1.807) is 18.2 Å². The molecule has 5 rings (SSSR count). The number of benzene rings is 2. The molecule has 1 fully saturated rings. The van der Waals surface area contributed by atoms with Gasteiger partial charge in [0.1, 0.15) is 17.3 Å². The maximum atomic E-state index is 14.3. The SMILES string of the molecule is O=C1COc2ccc(-c3csc(=Nc4ccccc4F)n3N=C3CCCCCC3)cc2N1. The van der Waals surface area contributed by atoms with E-state index in [-0.39, 0.29) is 24.0 Å². The summed E-state index contributed by atoms with van der Waals surface area (Å²) >= 11 is 1.41. The van der Waals surface area contributed by atoms with Crippen molar-refractivity contribution < 1.29 is 13.9 Å². The number of hydrogen-bond acceptors (Lipinski definition) is 5. The Morgan fingerprint density at radius 2 is 1.88 bits per heavy atom. The zero-order chi connectivity index (χ0) is 21.9. The van der Waals surface area contributed by atoms with Gasteiger partial charge in [0.05, 0.1) is 11.4 Å². The molecule has 0 radical (unpaired) electrons. The summed E-state index contributed by atoms with van der Waals surface area (Å²) in [6.07, 6.45) is 6.60. The fourth-order valence-corrected chi connectivity index (χ4v) is 4.78. The number of ether oxygens (including phenoxy) is 1. The predicted octanol–water partition coefficient (Wildman–Crippen LogP) is 5.48. The van der Waals surface area contributed by atoms with Crippen LogP contribution in [0.25, 0.3) is 11.3 Å². The molecule has 0 spiro atoms. The van der Waals surface area contributed by atoms with Gasteiger partial charge in [-0.1, -0.05) is 25.0 Å². The molecule has 2 aromatic carbocycles. The number of amides is 1. The molecule has 1 amide bonds. The number of nitrogens with one attached hydrogen (secondary N) is 1. The minimum Gasteiger partial charge on any atom is -0.482 e. The number of aromatic nitrogens is 1. The highest BCUT2D eigenvalue weighted by Crippen LogP contribution is 2.33. The zero-order valence-electron chi connectivity index (χ0n) is 17.5. The Hall–Kier alpha value is -3.26. The number of halogens is 1. The van der Waals surface area contributed by atoms with Crippen LogP contribution >= 0.6 is 11.3 Å². The lowest BCUT2D eigenvalue weighted by Crippen LogP contribution is -2.25. The molecule has 164 valence electrons. The molecule has 6 nitrogen and oxygen atoms in total. The van der Waals surface area contributed by atoms with E-state index in [9.17, 15) is 9.18 Å². The number of rotatable bonds is 3. The second kappa shape index (κ2) is 9.08. The molecule has 0 atom stereocenters. The highest BCUT2D eigenvalue weighted by molar-refractivity contribution is 7.07. The Morgan fingerprint density at radius 3 is 2.69 bits per heavy atom. The van der Waals surface area contributed by atoms with E-state index in [4.69, 9.17) is 9.84 Å². The average Bonchev–Trinajstić information content (AvgIpc) is 3.00. The number of para-hydroxylation sites is 1. The Kier molecular flexibility index (Phi) is 5.85. The molecular formula is C24H23FN4O2S. The number of anilines is 1. The summed E-state index contributed by atoms with van der Waals surface area (Å²) in [6.45, 7) is 0.0180. The molecule has 0 saturated heterocycles. The summed E-state index contributed by atoms with van der Waals surface area (Å²) in [6, 6.07) is 12.1.